The number of carbonyl (C=O) groups excluding carboxylic acids is 1. The van der Waals surface area contributed by atoms with E-state index in [0.29, 0.717) is 23.2 Å². The third-order valence-corrected chi connectivity index (χ3v) is 11.9. The smallest absolute Gasteiger partial charge is 0.136 e. The van der Waals surface area contributed by atoms with Crippen molar-refractivity contribution in [1.82, 2.24) is 0 Å². The van der Waals surface area contributed by atoms with Gasteiger partial charge in [0.15, 0.2) is 0 Å². The summed E-state index contributed by atoms with van der Waals surface area (Å²) in [7, 11) is -0.979. The molecular weight excluding hydrogens is 424 g/mol. The highest BCUT2D eigenvalue weighted by atomic mass is 32.3. The number of carbonyl (C=O) groups is 1. The lowest BCUT2D eigenvalue weighted by atomic mass is 9.44. The Kier molecular flexibility index (Phi) is 7.46. The van der Waals surface area contributed by atoms with E-state index in [9.17, 15) is 4.79 Å². The summed E-state index contributed by atoms with van der Waals surface area (Å²) in [6.07, 6.45) is 20.9. The summed E-state index contributed by atoms with van der Waals surface area (Å²) in [5.41, 5.74) is 0.688. The van der Waals surface area contributed by atoms with E-state index in [-0.39, 0.29) is 11.3 Å². The third kappa shape index (κ3) is 4.98. The van der Waals surface area contributed by atoms with Crippen LogP contribution in [0.15, 0.2) is 0 Å². The topological polar surface area (TPSA) is 26.3 Å². The Hall–Kier alpha value is -0.0200. The van der Waals surface area contributed by atoms with Gasteiger partial charge in [-0.15, -0.1) is 10.3 Å². The fraction of sp³-hybridized carbons (Fsp3) is 0.967. The largest absolute Gasteiger partial charge is 0.334 e. The standard InChI is InChI=1S/C30H54O2S/c1-20(2)10-9-11-21(3)24-12-13-25-23-19-28(31)27-18-22(32-33(6,7)8)14-16-30(27,5)26(23)15-17-29(24,25)4/h20-27H,9-19H2,1-8H3/t21-,22+,23+,24-,25+,26+,27-,29-,30-/m1/s1. The van der Waals surface area contributed by atoms with E-state index < -0.39 is 10.3 Å². The predicted molar refractivity (Wildman–Crippen MR) is 144 cm³/mol. The van der Waals surface area contributed by atoms with Gasteiger partial charge in [-0.3, -0.25) is 4.79 Å². The van der Waals surface area contributed by atoms with Gasteiger partial charge in [0, 0.05) is 12.3 Å². The summed E-state index contributed by atoms with van der Waals surface area (Å²) in [6.45, 7) is 12.4. The van der Waals surface area contributed by atoms with Crippen LogP contribution >= 0.6 is 10.3 Å². The fourth-order valence-corrected chi connectivity index (χ4v) is 10.5. The monoisotopic (exact) mass is 478 g/mol. The normalized spacial score (nSPS) is 44.8. The molecule has 4 saturated carbocycles. The highest BCUT2D eigenvalue weighted by molar-refractivity contribution is 8.28. The molecule has 9 atom stereocenters. The molecule has 0 saturated heterocycles. The van der Waals surface area contributed by atoms with Crippen molar-refractivity contribution in [1.29, 1.82) is 0 Å². The minimum absolute atomic E-state index is 0.218. The van der Waals surface area contributed by atoms with E-state index in [1.54, 1.807) is 0 Å². The maximum absolute atomic E-state index is 13.7. The molecule has 192 valence electrons. The first kappa shape index (κ1) is 26.1. The van der Waals surface area contributed by atoms with Crippen molar-refractivity contribution in [3.8, 4) is 0 Å². The van der Waals surface area contributed by atoms with Crippen LogP contribution in [-0.4, -0.2) is 30.7 Å². The molecule has 0 unspecified atom stereocenters. The van der Waals surface area contributed by atoms with Crippen LogP contribution in [0, 0.1) is 52.3 Å². The molecule has 4 aliphatic rings. The van der Waals surface area contributed by atoms with E-state index >= 15 is 0 Å². The first-order valence-corrected chi connectivity index (χ1v) is 17.0. The van der Waals surface area contributed by atoms with Crippen LogP contribution < -0.4 is 0 Å². The molecule has 0 spiro atoms. The van der Waals surface area contributed by atoms with Crippen LogP contribution in [-0.2, 0) is 8.98 Å². The van der Waals surface area contributed by atoms with Crippen LogP contribution in [0.2, 0.25) is 0 Å². The van der Waals surface area contributed by atoms with Gasteiger partial charge in [0.05, 0.1) is 6.10 Å². The lowest BCUT2D eigenvalue weighted by Gasteiger charge is -2.60. The van der Waals surface area contributed by atoms with Crippen molar-refractivity contribution in [3.05, 3.63) is 0 Å². The molecule has 0 N–H and O–H groups in total. The first-order valence-electron chi connectivity index (χ1n) is 14.2. The number of fused-ring (bicyclic) bond motifs is 5. The van der Waals surface area contributed by atoms with Crippen molar-refractivity contribution < 1.29 is 8.98 Å². The average molecular weight is 479 g/mol. The second-order valence-electron chi connectivity index (χ2n) is 14.4. The van der Waals surface area contributed by atoms with Gasteiger partial charge in [-0.05, 0) is 110 Å². The molecule has 0 aliphatic heterocycles. The number of Topliss-reactive ketones (excluding diaryl/α,β-unsaturated/α-hetero) is 1. The van der Waals surface area contributed by atoms with Crippen LogP contribution in [0.3, 0.4) is 0 Å². The highest BCUT2D eigenvalue weighted by Crippen LogP contribution is 2.68. The van der Waals surface area contributed by atoms with Crippen molar-refractivity contribution in [2.24, 2.45) is 52.3 Å². The van der Waals surface area contributed by atoms with Gasteiger partial charge >= 0.3 is 0 Å². The molecule has 0 bridgehead atoms. The van der Waals surface area contributed by atoms with E-state index in [0.717, 1.165) is 48.9 Å². The van der Waals surface area contributed by atoms with E-state index in [2.05, 4.69) is 53.4 Å². The summed E-state index contributed by atoms with van der Waals surface area (Å²) < 4.78 is 6.46. The third-order valence-electron chi connectivity index (χ3n) is 11.0. The molecule has 33 heavy (non-hydrogen) atoms. The van der Waals surface area contributed by atoms with Gasteiger partial charge in [-0.2, -0.15) is 0 Å². The summed E-state index contributed by atoms with van der Waals surface area (Å²) in [5, 5.41) is 0. The zero-order valence-electron chi connectivity index (χ0n) is 23.1. The summed E-state index contributed by atoms with van der Waals surface area (Å²) in [4.78, 5) is 13.7. The van der Waals surface area contributed by atoms with Crippen LogP contribution in [0.25, 0.3) is 0 Å². The lowest BCUT2D eigenvalue weighted by Crippen LogP contribution is -2.57. The molecule has 0 aromatic rings. The Morgan fingerprint density at radius 1 is 0.939 bits per heavy atom. The van der Waals surface area contributed by atoms with Crippen LogP contribution in [0.4, 0.5) is 0 Å². The lowest BCUT2D eigenvalue weighted by molar-refractivity contribution is -0.158. The minimum Gasteiger partial charge on any atom is -0.334 e. The predicted octanol–water partition coefficient (Wildman–Crippen LogP) is 8.28. The maximum atomic E-state index is 13.7. The molecule has 0 aromatic heterocycles. The molecule has 2 nitrogen and oxygen atoms in total. The van der Waals surface area contributed by atoms with Gasteiger partial charge in [-0.1, -0.05) is 53.9 Å². The van der Waals surface area contributed by atoms with Crippen molar-refractivity contribution in [2.75, 3.05) is 18.8 Å². The van der Waals surface area contributed by atoms with E-state index in [1.807, 2.05) is 0 Å². The highest BCUT2D eigenvalue weighted by Gasteiger charge is 2.62. The molecule has 3 heteroatoms. The number of hydrogen-bond donors (Lipinski definition) is 0. The zero-order valence-corrected chi connectivity index (χ0v) is 23.9. The fourth-order valence-electron chi connectivity index (χ4n) is 9.52. The number of hydrogen-bond acceptors (Lipinski definition) is 2. The zero-order chi connectivity index (χ0) is 24.2. The SMILES string of the molecule is CC(C)CCC[C@@H](C)[C@H]1CC[C@H]2[C@@H]3CC(=O)[C@H]4C[C@@H](OS(C)(C)C)CC[C@]4(C)[C@H]3CC[C@]12C. The quantitative estimate of drug-likeness (QED) is 0.368. The second kappa shape index (κ2) is 9.45. The second-order valence-corrected chi connectivity index (χ2v) is 18.0. The average Bonchev–Trinajstić information content (AvgIpc) is 3.05. The number of ketones is 1. The van der Waals surface area contributed by atoms with Crippen molar-refractivity contribution in [3.63, 3.8) is 0 Å². The van der Waals surface area contributed by atoms with Gasteiger partial charge in [0.2, 0.25) is 0 Å². The Labute approximate surface area is 207 Å². The van der Waals surface area contributed by atoms with Gasteiger partial charge in [0.1, 0.15) is 5.78 Å². The Morgan fingerprint density at radius 2 is 1.61 bits per heavy atom. The summed E-state index contributed by atoms with van der Waals surface area (Å²) in [6, 6.07) is 0. The number of rotatable bonds is 7. The molecule has 0 amide bonds. The first-order chi connectivity index (χ1) is 15.3. The molecule has 4 aliphatic carbocycles. The molecular formula is C30H54O2S. The van der Waals surface area contributed by atoms with Crippen LogP contribution in [0.5, 0.6) is 0 Å². The Morgan fingerprint density at radius 3 is 2.27 bits per heavy atom. The van der Waals surface area contributed by atoms with Gasteiger partial charge in [0.25, 0.3) is 0 Å². The van der Waals surface area contributed by atoms with E-state index in [1.165, 1.54) is 51.4 Å². The Balaban J connectivity index is 1.47. The molecule has 0 radical (unpaired) electrons. The van der Waals surface area contributed by atoms with Gasteiger partial charge in [-0.25, -0.2) is 0 Å². The summed E-state index contributed by atoms with van der Waals surface area (Å²) >= 11 is 0. The van der Waals surface area contributed by atoms with E-state index in [4.69, 9.17) is 4.18 Å². The van der Waals surface area contributed by atoms with Gasteiger partial charge < -0.3 is 4.18 Å². The molecule has 0 heterocycles. The summed E-state index contributed by atoms with van der Waals surface area (Å²) in [5.74, 6) is 5.56. The molecule has 0 aromatic carbocycles. The van der Waals surface area contributed by atoms with Crippen LogP contribution in [0.1, 0.15) is 105 Å². The molecule has 4 rings (SSSR count). The minimum atomic E-state index is -0.979. The maximum Gasteiger partial charge on any atom is 0.136 e. The Bertz CT molecular complexity index is 711. The molecule has 4 fully saturated rings. The van der Waals surface area contributed by atoms with Crippen molar-refractivity contribution in [2.45, 2.75) is 111 Å². The van der Waals surface area contributed by atoms with Crippen molar-refractivity contribution >= 4 is 16.1 Å².